The van der Waals surface area contributed by atoms with Crippen LogP contribution in [0.4, 0.5) is 8.78 Å². The van der Waals surface area contributed by atoms with E-state index in [0.717, 1.165) is 6.92 Å². The fraction of sp³-hybridized carbons (Fsp3) is 0.842. The molecule has 0 aromatic heterocycles. The Balaban J connectivity index is 1.76. The van der Waals surface area contributed by atoms with Gasteiger partial charge in [0.2, 0.25) is 5.79 Å². The van der Waals surface area contributed by atoms with Gasteiger partial charge in [-0.15, -0.1) is 0 Å². The van der Waals surface area contributed by atoms with E-state index in [1.807, 2.05) is 0 Å². The van der Waals surface area contributed by atoms with Crippen LogP contribution >= 0.6 is 0 Å². The quantitative estimate of drug-likeness (QED) is 0.575. The number of carbonyl (C=O) groups excluding carboxylic acids is 1. The number of alkyl halides is 2. The van der Waals surface area contributed by atoms with Gasteiger partial charge < -0.3 is 24.1 Å². The molecule has 0 amide bonds. The van der Waals surface area contributed by atoms with Gasteiger partial charge in [0.15, 0.2) is 5.60 Å². The predicted molar refractivity (Wildman–Crippen MR) is 91.2 cm³/mol. The van der Waals surface area contributed by atoms with Crippen molar-refractivity contribution in [2.24, 2.45) is 5.92 Å². The molecule has 0 radical (unpaired) electrons. The van der Waals surface area contributed by atoms with Crippen LogP contribution in [0.3, 0.4) is 0 Å². The fourth-order valence-corrected chi connectivity index (χ4v) is 4.41. The minimum absolute atomic E-state index is 0.109. The Kier molecular flexibility index (Phi) is 4.74. The Hall–Kier alpha value is -1.09. The summed E-state index contributed by atoms with van der Waals surface area (Å²) in [7, 11) is 0. The highest BCUT2D eigenvalue weighted by Gasteiger charge is 2.71. The fourth-order valence-electron chi connectivity index (χ4n) is 4.41. The largest absolute Gasteiger partial charge is 0.456 e. The number of esters is 1. The summed E-state index contributed by atoms with van der Waals surface area (Å²) < 4.78 is 51.6. The maximum Gasteiger partial charge on any atom is 0.333 e. The van der Waals surface area contributed by atoms with Crippen molar-refractivity contribution in [3.05, 3.63) is 12.2 Å². The topological polar surface area (TPSA) is 74.2 Å². The number of halogens is 2. The second-order valence-corrected chi connectivity index (χ2v) is 8.81. The molecule has 0 aromatic rings. The summed E-state index contributed by atoms with van der Waals surface area (Å²) in [5, 5.41) is 9.88. The Morgan fingerprint density at radius 1 is 1.30 bits per heavy atom. The first-order chi connectivity index (χ1) is 12.2. The van der Waals surface area contributed by atoms with Gasteiger partial charge in [0.1, 0.15) is 12.2 Å². The maximum atomic E-state index is 14.7. The molecule has 0 aromatic carbocycles. The molecule has 6 unspecified atom stereocenters. The molecule has 3 aliphatic rings. The first kappa shape index (κ1) is 20.6. The molecule has 8 heteroatoms. The van der Waals surface area contributed by atoms with Gasteiger partial charge in [-0.3, -0.25) is 0 Å². The van der Waals surface area contributed by atoms with Crippen molar-refractivity contribution >= 4 is 5.97 Å². The van der Waals surface area contributed by atoms with E-state index in [9.17, 15) is 18.7 Å². The number of hydrogen-bond donors (Lipinski definition) is 1. The summed E-state index contributed by atoms with van der Waals surface area (Å²) in [6, 6.07) is 0. The van der Waals surface area contributed by atoms with Gasteiger partial charge >= 0.3 is 11.9 Å². The van der Waals surface area contributed by atoms with Crippen LogP contribution in [0.15, 0.2) is 12.2 Å². The molecule has 3 heterocycles. The highest BCUT2D eigenvalue weighted by atomic mass is 19.3. The lowest BCUT2D eigenvalue weighted by molar-refractivity contribution is -0.302. The van der Waals surface area contributed by atoms with Gasteiger partial charge in [-0.05, 0) is 41.0 Å². The minimum atomic E-state index is -3.60. The Labute approximate surface area is 157 Å². The van der Waals surface area contributed by atoms with Crippen LogP contribution in [-0.4, -0.2) is 58.9 Å². The first-order valence-electron chi connectivity index (χ1n) is 9.16. The van der Waals surface area contributed by atoms with Gasteiger partial charge in [0.05, 0.1) is 18.3 Å². The average Bonchev–Trinajstić information content (AvgIpc) is 3.16. The molecule has 27 heavy (non-hydrogen) atoms. The van der Waals surface area contributed by atoms with Crippen LogP contribution in [-0.2, 0) is 23.7 Å². The maximum absolute atomic E-state index is 14.7. The lowest BCUT2D eigenvalue weighted by atomic mass is 9.76. The summed E-state index contributed by atoms with van der Waals surface area (Å²) >= 11 is 0. The lowest BCUT2D eigenvalue weighted by Crippen LogP contribution is -2.59. The molecule has 0 aliphatic carbocycles. The van der Waals surface area contributed by atoms with E-state index in [0.29, 0.717) is 18.4 Å². The molecule has 1 N–H and O–H groups in total. The van der Waals surface area contributed by atoms with Crippen molar-refractivity contribution < 1.29 is 37.6 Å². The molecule has 6 atom stereocenters. The van der Waals surface area contributed by atoms with Crippen LogP contribution < -0.4 is 0 Å². The van der Waals surface area contributed by atoms with Crippen molar-refractivity contribution in [1.82, 2.24) is 0 Å². The second-order valence-electron chi connectivity index (χ2n) is 8.81. The second kappa shape index (κ2) is 6.20. The standard InChI is InChI=1S/C19H28F2O6/c1-10(2)15(22)26-13-8-11-7-12(14(13)25-11)16(3,4)27-17(5)9-24-18(6,23)19(17,20)21/h11-14,23H,1,7-9H2,2-6H3. The zero-order valence-corrected chi connectivity index (χ0v) is 16.4. The third-order valence-electron chi connectivity index (χ3n) is 5.99. The van der Waals surface area contributed by atoms with Crippen molar-refractivity contribution in [3.63, 3.8) is 0 Å². The predicted octanol–water partition coefficient (Wildman–Crippen LogP) is 2.58. The van der Waals surface area contributed by atoms with Crippen LogP contribution in [0.2, 0.25) is 0 Å². The highest BCUT2D eigenvalue weighted by molar-refractivity contribution is 5.87. The molecule has 2 bridgehead atoms. The number of ether oxygens (including phenoxy) is 4. The molecule has 154 valence electrons. The molecule has 0 saturated carbocycles. The molecule has 3 rings (SSSR count). The van der Waals surface area contributed by atoms with Gasteiger partial charge in [0.25, 0.3) is 0 Å². The Morgan fingerprint density at radius 2 is 1.93 bits per heavy atom. The lowest BCUT2D eigenvalue weighted by Gasteiger charge is -2.44. The van der Waals surface area contributed by atoms with E-state index < -0.39 is 47.7 Å². The summed E-state index contributed by atoms with van der Waals surface area (Å²) in [4.78, 5) is 11.9. The number of aliphatic hydroxyl groups is 1. The molecular formula is C19H28F2O6. The molecule has 6 nitrogen and oxygen atoms in total. The van der Waals surface area contributed by atoms with Gasteiger partial charge in [0, 0.05) is 17.9 Å². The van der Waals surface area contributed by atoms with Crippen molar-refractivity contribution in [2.75, 3.05) is 6.61 Å². The van der Waals surface area contributed by atoms with Crippen molar-refractivity contribution in [2.45, 2.75) is 88.7 Å². The summed E-state index contributed by atoms with van der Waals surface area (Å²) in [5.41, 5.74) is -2.72. The minimum Gasteiger partial charge on any atom is -0.456 e. The summed E-state index contributed by atoms with van der Waals surface area (Å²) in [5.74, 6) is -6.94. The van der Waals surface area contributed by atoms with Gasteiger partial charge in [-0.25, -0.2) is 4.79 Å². The van der Waals surface area contributed by atoms with E-state index in [-0.39, 0.29) is 12.0 Å². The molecule has 3 saturated heterocycles. The van der Waals surface area contributed by atoms with Crippen molar-refractivity contribution in [3.8, 4) is 0 Å². The number of rotatable bonds is 5. The van der Waals surface area contributed by atoms with Gasteiger partial charge in [-0.1, -0.05) is 6.58 Å². The molecule has 0 spiro atoms. The van der Waals surface area contributed by atoms with Crippen LogP contribution in [0.5, 0.6) is 0 Å². The van der Waals surface area contributed by atoms with Crippen molar-refractivity contribution in [1.29, 1.82) is 0 Å². The zero-order chi connectivity index (χ0) is 20.4. The SMILES string of the molecule is C=C(C)C(=O)OC1CC2CC(C(C)(C)OC3(C)COC(C)(O)C3(F)F)C1O2. The normalized spacial score (nSPS) is 43.1. The van der Waals surface area contributed by atoms with E-state index in [1.54, 1.807) is 20.8 Å². The van der Waals surface area contributed by atoms with E-state index >= 15 is 0 Å². The molecule has 3 aliphatic heterocycles. The Bertz CT molecular complexity index is 646. The monoisotopic (exact) mass is 390 g/mol. The molecular weight excluding hydrogens is 362 g/mol. The smallest absolute Gasteiger partial charge is 0.333 e. The number of hydrogen-bond acceptors (Lipinski definition) is 6. The van der Waals surface area contributed by atoms with Crippen LogP contribution in [0, 0.1) is 5.92 Å². The third kappa shape index (κ3) is 3.20. The van der Waals surface area contributed by atoms with E-state index in [1.165, 1.54) is 6.92 Å². The van der Waals surface area contributed by atoms with Crippen LogP contribution in [0.1, 0.15) is 47.5 Å². The van der Waals surface area contributed by atoms with E-state index in [2.05, 4.69) is 6.58 Å². The summed E-state index contributed by atoms with van der Waals surface area (Å²) in [6.07, 6.45) is 0.187. The van der Waals surface area contributed by atoms with E-state index in [4.69, 9.17) is 18.9 Å². The average molecular weight is 390 g/mol. The Morgan fingerprint density at radius 3 is 2.41 bits per heavy atom. The molecule has 3 fully saturated rings. The van der Waals surface area contributed by atoms with Gasteiger partial charge in [-0.2, -0.15) is 8.78 Å². The number of fused-ring (bicyclic) bond motifs is 2. The zero-order valence-electron chi connectivity index (χ0n) is 16.4. The highest BCUT2D eigenvalue weighted by Crippen LogP contribution is 2.53. The number of carbonyl (C=O) groups is 1. The first-order valence-corrected chi connectivity index (χ1v) is 9.16. The third-order valence-corrected chi connectivity index (χ3v) is 5.99. The summed E-state index contributed by atoms with van der Waals surface area (Å²) in [6.45, 7) is 10.3. The van der Waals surface area contributed by atoms with Crippen LogP contribution in [0.25, 0.3) is 0 Å².